The van der Waals surface area contributed by atoms with Crippen LogP contribution in [-0.2, 0) is 9.53 Å². The van der Waals surface area contributed by atoms with E-state index >= 15 is 0 Å². The van der Waals surface area contributed by atoms with Crippen LogP contribution in [0.25, 0.3) is 0 Å². The summed E-state index contributed by atoms with van der Waals surface area (Å²) in [4.78, 5) is 11.9. The van der Waals surface area contributed by atoms with Crippen LogP contribution in [0.1, 0.15) is 12.8 Å². The maximum absolute atomic E-state index is 11.9. The van der Waals surface area contributed by atoms with E-state index in [4.69, 9.17) is 22.1 Å². The van der Waals surface area contributed by atoms with Gasteiger partial charge in [0.1, 0.15) is 6.10 Å². The molecule has 2 unspecified atom stereocenters. The topological polar surface area (TPSA) is 64.4 Å². The van der Waals surface area contributed by atoms with Crippen LogP contribution in [0.2, 0.25) is 5.02 Å². The highest BCUT2D eigenvalue weighted by Gasteiger charge is 2.29. The molecule has 92 valence electrons. The molecule has 1 aliphatic rings. The Morgan fingerprint density at radius 2 is 2.12 bits per heavy atom. The fraction of sp³-hybridized carbons (Fsp3) is 0.417. The zero-order valence-corrected chi connectivity index (χ0v) is 10.1. The van der Waals surface area contributed by atoms with E-state index in [0.717, 1.165) is 18.5 Å². The fourth-order valence-corrected chi connectivity index (χ4v) is 1.95. The molecule has 0 radical (unpaired) electrons. The second kappa shape index (κ2) is 5.49. The minimum atomic E-state index is -0.390. The Balaban J connectivity index is 1.91. The molecule has 1 amide bonds. The van der Waals surface area contributed by atoms with Gasteiger partial charge in [-0.05, 0) is 37.1 Å². The SMILES string of the molecule is NCC1CCC(C(=O)Nc2ccc(Cl)cc2)O1. The van der Waals surface area contributed by atoms with Crippen molar-refractivity contribution in [3.8, 4) is 0 Å². The molecule has 2 rings (SSSR count). The van der Waals surface area contributed by atoms with Crippen LogP contribution in [0.15, 0.2) is 24.3 Å². The fourth-order valence-electron chi connectivity index (χ4n) is 1.83. The predicted molar refractivity (Wildman–Crippen MR) is 67.0 cm³/mol. The Morgan fingerprint density at radius 1 is 1.41 bits per heavy atom. The Labute approximate surface area is 105 Å². The van der Waals surface area contributed by atoms with Crippen LogP contribution < -0.4 is 11.1 Å². The van der Waals surface area contributed by atoms with E-state index in [2.05, 4.69) is 5.32 Å². The number of amides is 1. The lowest BCUT2D eigenvalue weighted by molar-refractivity contribution is -0.126. The molecule has 0 aromatic heterocycles. The van der Waals surface area contributed by atoms with Crippen LogP contribution in [0.3, 0.4) is 0 Å². The molecule has 1 aromatic carbocycles. The number of hydrogen-bond acceptors (Lipinski definition) is 3. The largest absolute Gasteiger partial charge is 0.364 e. The van der Waals surface area contributed by atoms with Gasteiger partial charge in [0.15, 0.2) is 0 Å². The minimum Gasteiger partial charge on any atom is -0.364 e. The van der Waals surface area contributed by atoms with Gasteiger partial charge in [0, 0.05) is 17.3 Å². The molecule has 0 aliphatic carbocycles. The molecule has 0 saturated carbocycles. The van der Waals surface area contributed by atoms with Gasteiger partial charge in [-0.15, -0.1) is 0 Å². The molecule has 4 nitrogen and oxygen atoms in total. The second-order valence-electron chi connectivity index (χ2n) is 4.06. The average Bonchev–Trinajstić information content (AvgIpc) is 2.81. The van der Waals surface area contributed by atoms with Crippen molar-refractivity contribution < 1.29 is 9.53 Å². The lowest BCUT2D eigenvalue weighted by Crippen LogP contribution is -2.29. The summed E-state index contributed by atoms with van der Waals surface area (Å²) in [6.45, 7) is 0.463. The van der Waals surface area contributed by atoms with E-state index in [9.17, 15) is 4.79 Å². The van der Waals surface area contributed by atoms with Gasteiger partial charge >= 0.3 is 0 Å². The van der Waals surface area contributed by atoms with Gasteiger partial charge in [-0.2, -0.15) is 0 Å². The molecule has 1 heterocycles. The highest BCUT2D eigenvalue weighted by Crippen LogP contribution is 2.21. The Kier molecular flexibility index (Phi) is 3.99. The summed E-state index contributed by atoms with van der Waals surface area (Å²) in [7, 11) is 0. The van der Waals surface area contributed by atoms with Crippen LogP contribution in [0.4, 0.5) is 5.69 Å². The van der Waals surface area contributed by atoms with Crippen molar-refractivity contribution in [3.05, 3.63) is 29.3 Å². The number of halogens is 1. The number of nitrogens with one attached hydrogen (secondary N) is 1. The number of hydrogen-bond donors (Lipinski definition) is 2. The van der Waals surface area contributed by atoms with Gasteiger partial charge < -0.3 is 15.8 Å². The Morgan fingerprint density at radius 3 is 2.71 bits per heavy atom. The first-order valence-corrected chi connectivity index (χ1v) is 5.99. The molecule has 17 heavy (non-hydrogen) atoms. The third-order valence-electron chi connectivity index (χ3n) is 2.77. The minimum absolute atomic E-state index is 0.0102. The highest BCUT2D eigenvalue weighted by molar-refractivity contribution is 6.30. The molecule has 5 heteroatoms. The molecule has 0 bridgehead atoms. The van der Waals surface area contributed by atoms with Crippen LogP contribution in [-0.4, -0.2) is 24.7 Å². The molecule has 1 aliphatic heterocycles. The Hall–Kier alpha value is -1.10. The standard InChI is InChI=1S/C12H15ClN2O2/c13-8-1-3-9(4-2-8)15-12(16)11-6-5-10(7-14)17-11/h1-4,10-11H,5-7,14H2,(H,15,16). The maximum atomic E-state index is 11.9. The monoisotopic (exact) mass is 254 g/mol. The summed E-state index contributed by atoms with van der Waals surface area (Å²) in [5, 5.41) is 3.43. The number of anilines is 1. The van der Waals surface area contributed by atoms with Crippen molar-refractivity contribution >= 4 is 23.2 Å². The highest BCUT2D eigenvalue weighted by atomic mass is 35.5. The van der Waals surface area contributed by atoms with Gasteiger partial charge in [-0.1, -0.05) is 11.6 Å². The summed E-state index contributed by atoms with van der Waals surface area (Å²) >= 11 is 5.76. The summed E-state index contributed by atoms with van der Waals surface area (Å²) in [6.07, 6.45) is 1.19. The van der Waals surface area contributed by atoms with Gasteiger partial charge in [-0.3, -0.25) is 4.79 Å². The summed E-state index contributed by atoms with van der Waals surface area (Å²) in [6, 6.07) is 6.98. The van der Waals surface area contributed by atoms with E-state index in [-0.39, 0.29) is 18.1 Å². The molecule has 1 aromatic rings. The zero-order valence-electron chi connectivity index (χ0n) is 9.36. The summed E-state index contributed by atoms with van der Waals surface area (Å²) in [5.41, 5.74) is 6.22. The molecule has 3 N–H and O–H groups in total. The number of ether oxygens (including phenoxy) is 1. The van der Waals surface area contributed by atoms with E-state index < -0.39 is 0 Å². The van der Waals surface area contributed by atoms with Crippen LogP contribution in [0, 0.1) is 0 Å². The van der Waals surface area contributed by atoms with Crippen molar-refractivity contribution in [1.29, 1.82) is 0 Å². The van der Waals surface area contributed by atoms with Crippen molar-refractivity contribution in [2.24, 2.45) is 5.73 Å². The maximum Gasteiger partial charge on any atom is 0.253 e. The molecular formula is C12H15ClN2O2. The second-order valence-corrected chi connectivity index (χ2v) is 4.49. The molecule has 1 saturated heterocycles. The lowest BCUT2D eigenvalue weighted by atomic mass is 10.2. The van der Waals surface area contributed by atoms with Crippen molar-refractivity contribution in [3.63, 3.8) is 0 Å². The number of carbonyl (C=O) groups is 1. The smallest absolute Gasteiger partial charge is 0.253 e. The van der Waals surface area contributed by atoms with Gasteiger partial charge in [0.25, 0.3) is 5.91 Å². The molecule has 0 spiro atoms. The number of rotatable bonds is 3. The first-order chi connectivity index (χ1) is 8.19. The lowest BCUT2D eigenvalue weighted by Gasteiger charge is -2.12. The first-order valence-electron chi connectivity index (χ1n) is 5.61. The van der Waals surface area contributed by atoms with E-state index in [1.165, 1.54) is 0 Å². The van der Waals surface area contributed by atoms with E-state index in [0.29, 0.717) is 11.6 Å². The van der Waals surface area contributed by atoms with E-state index in [1.807, 2.05) is 0 Å². The van der Waals surface area contributed by atoms with Gasteiger partial charge in [0.2, 0.25) is 0 Å². The van der Waals surface area contributed by atoms with E-state index in [1.54, 1.807) is 24.3 Å². The number of carbonyl (C=O) groups excluding carboxylic acids is 1. The summed E-state index contributed by atoms with van der Waals surface area (Å²) < 4.78 is 5.51. The molecular weight excluding hydrogens is 240 g/mol. The van der Waals surface area contributed by atoms with Crippen molar-refractivity contribution in [1.82, 2.24) is 0 Å². The third-order valence-corrected chi connectivity index (χ3v) is 3.03. The quantitative estimate of drug-likeness (QED) is 0.864. The third kappa shape index (κ3) is 3.19. The van der Waals surface area contributed by atoms with Crippen molar-refractivity contribution in [2.75, 3.05) is 11.9 Å². The zero-order chi connectivity index (χ0) is 12.3. The molecule has 2 atom stereocenters. The van der Waals surface area contributed by atoms with Gasteiger partial charge in [0.05, 0.1) is 6.10 Å². The van der Waals surface area contributed by atoms with Crippen LogP contribution in [0.5, 0.6) is 0 Å². The Bertz CT molecular complexity index is 394. The van der Waals surface area contributed by atoms with Crippen molar-refractivity contribution in [2.45, 2.75) is 25.0 Å². The summed E-state index contributed by atoms with van der Waals surface area (Å²) in [5.74, 6) is -0.122. The van der Waals surface area contributed by atoms with Crippen LogP contribution >= 0.6 is 11.6 Å². The first kappa shape index (κ1) is 12.4. The normalized spacial score (nSPS) is 23.6. The van der Waals surface area contributed by atoms with Gasteiger partial charge in [-0.25, -0.2) is 0 Å². The predicted octanol–water partition coefficient (Wildman–Crippen LogP) is 1.78. The number of benzene rings is 1. The number of nitrogens with two attached hydrogens (primary N) is 1. The average molecular weight is 255 g/mol. The molecule has 1 fully saturated rings.